The number of nitrogens with one attached hydrogen (secondary N) is 1. The van der Waals surface area contributed by atoms with Crippen LogP contribution in [0.1, 0.15) is 58.8 Å². The number of benzene rings is 1. The Labute approximate surface area is 271 Å². The average Bonchev–Trinajstić information content (AvgIpc) is 3.48. The van der Waals surface area contributed by atoms with Gasteiger partial charge >= 0.3 is 5.97 Å². The molecular weight excluding hydrogens is 608 g/mol. The number of amides is 1. The van der Waals surface area contributed by atoms with Crippen molar-refractivity contribution in [2.24, 2.45) is 17.6 Å². The van der Waals surface area contributed by atoms with Gasteiger partial charge in [-0.3, -0.25) is 9.59 Å². The Kier molecular flexibility index (Phi) is 10.8. The molecule has 2 aliphatic rings. The van der Waals surface area contributed by atoms with E-state index in [0.717, 1.165) is 36.6 Å². The lowest BCUT2D eigenvalue weighted by Crippen LogP contribution is -2.46. The molecule has 0 unspecified atom stereocenters. The summed E-state index contributed by atoms with van der Waals surface area (Å²) in [5.74, 6) is 1.89. The highest BCUT2D eigenvalue weighted by Gasteiger charge is 2.33. The minimum absolute atomic E-state index is 0.00667. The van der Waals surface area contributed by atoms with Gasteiger partial charge in [0.25, 0.3) is 0 Å². The van der Waals surface area contributed by atoms with Crippen molar-refractivity contribution < 1.29 is 27.5 Å². The molecule has 1 saturated heterocycles. The van der Waals surface area contributed by atoms with Gasteiger partial charge in [-0.2, -0.15) is 4.98 Å². The molecule has 46 heavy (non-hydrogen) atoms. The summed E-state index contributed by atoms with van der Waals surface area (Å²) < 4.78 is 36.3. The lowest BCUT2D eigenvalue weighted by molar-refractivity contribution is -0.155. The Balaban J connectivity index is 1.11. The highest BCUT2D eigenvalue weighted by molar-refractivity contribution is 7.90. The molecule has 0 radical (unpaired) electrons. The number of rotatable bonds is 12. The zero-order chi connectivity index (χ0) is 32.8. The summed E-state index contributed by atoms with van der Waals surface area (Å²) in [6.07, 6.45) is 9.70. The number of hydrogen-bond donors (Lipinski definition) is 2. The second-order valence-corrected chi connectivity index (χ2v) is 15.1. The topological polar surface area (TPSA) is 159 Å². The molecule has 3 aromatic rings. The number of carbonyl (C=O) groups is 2. The normalized spacial score (nSPS) is 20.1. The van der Waals surface area contributed by atoms with Crippen molar-refractivity contribution in [1.82, 2.24) is 19.4 Å². The molecule has 0 bridgehead atoms. The Bertz CT molecular complexity index is 1610. The van der Waals surface area contributed by atoms with Crippen LogP contribution in [-0.2, 0) is 24.2 Å². The van der Waals surface area contributed by atoms with Gasteiger partial charge in [0.2, 0.25) is 11.9 Å². The van der Waals surface area contributed by atoms with Crippen LogP contribution < -0.4 is 15.8 Å². The van der Waals surface area contributed by atoms with Gasteiger partial charge in [-0.1, -0.05) is 19.9 Å². The number of piperidine rings is 1. The molecule has 5 rings (SSSR count). The van der Waals surface area contributed by atoms with Gasteiger partial charge < -0.3 is 30.0 Å². The predicted octanol–water partition coefficient (Wildman–Crippen LogP) is 3.72. The molecule has 3 N–H and O–H groups in total. The number of anilines is 1. The first-order valence-electron chi connectivity index (χ1n) is 16.2. The van der Waals surface area contributed by atoms with Crippen LogP contribution in [0, 0.1) is 11.8 Å². The maximum atomic E-state index is 13.3. The van der Waals surface area contributed by atoms with E-state index in [1.807, 2.05) is 59.8 Å². The van der Waals surface area contributed by atoms with E-state index in [1.54, 1.807) is 6.20 Å². The van der Waals surface area contributed by atoms with Crippen LogP contribution in [-0.4, -0.2) is 89.6 Å². The van der Waals surface area contributed by atoms with Crippen molar-refractivity contribution in [2.45, 2.75) is 77.0 Å². The molecule has 1 saturated carbocycles. The molecule has 1 aromatic carbocycles. The zero-order valence-corrected chi connectivity index (χ0v) is 27.7. The summed E-state index contributed by atoms with van der Waals surface area (Å²) in [7, 11) is -3.02. The summed E-state index contributed by atoms with van der Waals surface area (Å²) in [5.41, 5.74) is 6.84. The van der Waals surface area contributed by atoms with E-state index in [0.29, 0.717) is 56.5 Å². The van der Waals surface area contributed by atoms with Crippen LogP contribution in [0.3, 0.4) is 0 Å². The van der Waals surface area contributed by atoms with Crippen molar-refractivity contribution in [2.75, 3.05) is 37.0 Å². The first kappa shape index (κ1) is 33.6. The molecule has 1 aliphatic carbocycles. The quantitative estimate of drug-likeness (QED) is 0.218. The summed E-state index contributed by atoms with van der Waals surface area (Å²) in [6, 6.07) is 9.14. The third-order valence-corrected chi connectivity index (χ3v) is 9.96. The second kappa shape index (κ2) is 14.8. The molecule has 250 valence electrons. The monoisotopic (exact) mass is 654 g/mol. The van der Waals surface area contributed by atoms with Crippen molar-refractivity contribution in [1.29, 1.82) is 0 Å². The van der Waals surface area contributed by atoms with Crippen molar-refractivity contribution in [3.8, 4) is 11.6 Å². The number of fused-ring (bicyclic) bond motifs is 1. The van der Waals surface area contributed by atoms with E-state index in [2.05, 4.69) is 10.3 Å². The number of ether oxygens (including phenoxy) is 2. The first-order chi connectivity index (χ1) is 22.0. The Morgan fingerprint density at radius 2 is 1.80 bits per heavy atom. The van der Waals surface area contributed by atoms with Crippen LogP contribution in [0.5, 0.6) is 5.75 Å². The molecule has 1 atom stereocenters. The van der Waals surface area contributed by atoms with Crippen LogP contribution in [0.15, 0.2) is 42.7 Å². The maximum absolute atomic E-state index is 13.3. The standard InChI is InChI=1S/C33H46N6O6S/c1-22(2)30(34)32(41)45-25-13-17-38(18-14-25)31(40)23-8-10-24(11-9-23)36-33-35-16-12-29(37-33)39-19-15-26-27(39)6-4-7-28(26)44-20-5-21-46(3,42)43/h4,6-7,12,15-16,19,22-25,30H,5,8-11,13-14,17-18,20-21,34H2,1-3H3,(H,35,36,37)/t23-,24-,30-/m1/s1. The van der Waals surface area contributed by atoms with Crippen LogP contribution >= 0.6 is 0 Å². The van der Waals surface area contributed by atoms with E-state index in [4.69, 9.17) is 20.2 Å². The number of nitrogens with two attached hydrogens (primary N) is 1. The molecular formula is C33H46N6O6S. The second-order valence-electron chi connectivity index (χ2n) is 12.9. The molecule has 0 spiro atoms. The number of carbonyl (C=O) groups excluding carboxylic acids is 2. The van der Waals surface area contributed by atoms with Crippen molar-refractivity contribution in [3.63, 3.8) is 0 Å². The molecule has 2 aromatic heterocycles. The SMILES string of the molecule is CC(C)[C@@H](N)C(=O)OC1CCN(C(=O)[C@H]2CC[C@H](Nc3nccc(-n4ccc5c(OCCCS(C)(=O)=O)cccc54)n3)CC2)CC1. The molecule has 1 amide bonds. The largest absolute Gasteiger partial charge is 0.493 e. The van der Waals surface area contributed by atoms with E-state index in [1.165, 1.54) is 6.26 Å². The van der Waals surface area contributed by atoms with E-state index < -0.39 is 15.9 Å². The number of likely N-dealkylation sites (tertiary alicyclic amines) is 1. The highest BCUT2D eigenvalue weighted by Crippen LogP contribution is 2.31. The van der Waals surface area contributed by atoms with Crippen LogP contribution in [0.2, 0.25) is 0 Å². The van der Waals surface area contributed by atoms with Gasteiger partial charge in [0.1, 0.15) is 33.6 Å². The fourth-order valence-corrected chi connectivity index (χ4v) is 6.80. The number of esters is 1. The first-order valence-corrected chi connectivity index (χ1v) is 18.3. The van der Waals surface area contributed by atoms with E-state index >= 15 is 0 Å². The predicted molar refractivity (Wildman–Crippen MR) is 177 cm³/mol. The summed E-state index contributed by atoms with van der Waals surface area (Å²) >= 11 is 0. The fraction of sp³-hybridized carbons (Fsp3) is 0.576. The minimum atomic E-state index is -3.02. The summed E-state index contributed by atoms with van der Waals surface area (Å²) in [6.45, 7) is 5.30. The van der Waals surface area contributed by atoms with Gasteiger partial charge in [-0.15, -0.1) is 0 Å². The zero-order valence-electron chi connectivity index (χ0n) is 26.9. The van der Waals surface area contributed by atoms with Gasteiger partial charge in [0, 0.05) is 61.9 Å². The highest BCUT2D eigenvalue weighted by atomic mass is 32.2. The average molecular weight is 655 g/mol. The van der Waals surface area contributed by atoms with Crippen LogP contribution in [0.25, 0.3) is 16.7 Å². The lowest BCUT2D eigenvalue weighted by atomic mass is 9.85. The summed E-state index contributed by atoms with van der Waals surface area (Å²) in [5, 5.41) is 4.39. The number of nitrogens with zero attached hydrogens (tertiary/aromatic N) is 4. The van der Waals surface area contributed by atoms with Crippen LogP contribution in [0.4, 0.5) is 5.95 Å². The Hall–Kier alpha value is -3.71. The number of hydrogen-bond acceptors (Lipinski definition) is 10. The molecule has 3 heterocycles. The third kappa shape index (κ3) is 8.55. The third-order valence-electron chi connectivity index (χ3n) is 8.93. The fourth-order valence-electron chi connectivity index (χ4n) is 6.16. The minimum Gasteiger partial charge on any atom is -0.493 e. The number of aromatic nitrogens is 3. The molecule has 12 nitrogen and oxygen atoms in total. The van der Waals surface area contributed by atoms with Gasteiger partial charge in [-0.05, 0) is 62.3 Å². The van der Waals surface area contributed by atoms with Gasteiger partial charge in [0.05, 0.1) is 17.9 Å². The lowest BCUT2D eigenvalue weighted by Gasteiger charge is -2.36. The van der Waals surface area contributed by atoms with E-state index in [9.17, 15) is 18.0 Å². The van der Waals surface area contributed by atoms with Gasteiger partial charge in [-0.25, -0.2) is 13.4 Å². The smallest absolute Gasteiger partial charge is 0.323 e. The molecule has 1 aliphatic heterocycles. The Morgan fingerprint density at radius 1 is 1.07 bits per heavy atom. The molecule has 13 heteroatoms. The van der Waals surface area contributed by atoms with E-state index in [-0.39, 0.29) is 41.6 Å². The Morgan fingerprint density at radius 3 is 2.50 bits per heavy atom. The van der Waals surface area contributed by atoms with Crippen molar-refractivity contribution in [3.05, 3.63) is 42.7 Å². The van der Waals surface area contributed by atoms with Crippen molar-refractivity contribution >= 4 is 38.6 Å². The molecule has 2 fully saturated rings. The maximum Gasteiger partial charge on any atom is 0.323 e. The summed E-state index contributed by atoms with van der Waals surface area (Å²) in [4.78, 5) is 36.7. The number of sulfone groups is 1. The van der Waals surface area contributed by atoms with Gasteiger partial charge in [0.15, 0.2) is 0 Å².